The summed E-state index contributed by atoms with van der Waals surface area (Å²) in [6, 6.07) is 6.10. The van der Waals surface area contributed by atoms with Gasteiger partial charge in [0.15, 0.2) is 0 Å². The lowest BCUT2D eigenvalue weighted by molar-refractivity contribution is -0.274. The van der Waals surface area contributed by atoms with Crippen LogP contribution in [0.1, 0.15) is 18.4 Å². The minimum atomic E-state index is -4.64. The summed E-state index contributed by atoms with van der Waals surface area (Å²) in [5.74, 6) is 5.84. The van der Waals surface area contributed by atoms with Crippen molar-refractivity contribution in [3.8, 4) is 5.75 Å². The molecule has 1 aliphatic carbocycles. The minimum absolute atomic E-state index is 0.194. The standard InChI is InChI=1S/C12H15F3N2O/c13-12(14,15)18-10-5-1-8(2-6-10)7-11(17-16)9-3-4-9/h1-2,5-6,9,11,17H,3-4,7,16H2. The van der Waals surface area contributed by atoms with Crippen LogP contribution in [0.5, 0.6) is 5.75 Å². The Morgan fingerprint density at radius 2 is 1.89 bits per heavy atom. The fraction of sp³-hybridized carbons (Fsp3) is 0.500. The molecule has 1 saturated carbocycles. The zero-order valence-corrected chi connectivity index (χ0v) is 9.70. The van der Waals surface area contributed by atoms with Gasteiger partial charge in [-0.25, -0.2) is 0 Å². The third-order valence-electron chi connectivity index (χ3n) is 3.02. The zero-order chi connectivity index (χ0) is 13.2. The van der Waals surface area contributed by atoms with E-state index in [-0.39, 0.29) is 11.8 Å². The first-order chi connectivity index (χ1) is 8.48. The van der Waals surface area contributed by atoms with Crippen molar-refractivity contribution in [1.82, 2.24) is 5.43 Å². The highest BCUT2D eigenvalue weighted by molar-refractivity contribution is 5.28. The van der Waals surface area contributed by atoms with Gasteiger partial charge in [0, 0.05) is 6.04 Å². The summed E-state index contributed by atoms with van der Waals surface area (Å²) >= 11 is 0. The number of nitrogens with one attached hydrogen (secondary N) is 1. The van der Waals surface area contributed by atoms with E-state index in [0.29, 0.717) is 12.3 Å². The normalized spacial score (nSPS) is 17.6. The van der Waals surface area contributed by atoms with Crippen molar-refractivity contribution in [3.63, 3.8) is 0 Å². The van der Waals surface area contributed by atoms with Gasteiger partial charge >= 0.3 is 6.36 Å². The molecule has 1 fully saturated rings. The minimum Gasteiger partial charge on any atom is -0.406 e. The lowest BCUT2D eigenvalue weighted by Crippen LogP contribution is -2.38. The van der Waals surface area contributed by atoms with E-state index in [4.69, 9.17) is 5.84 Å². The molecule has 0 heterocycles. The Morgan fingerprint density at radius 1 is 1.28 bits per heavy atom. The molecule has 2 rings (SSSR count). The Balaban J connectivity index is 1.94. The quantitative estimate of drug-likeness (QED) is 0.631. The van der Waals surface area contributed by atoms with Crippen molar-refractivity contribution in [3.05, 3.63) is 29.8 Å². The second-order valence-corrected chi connectivity index (χ2v) is 4.51. The van der Waals surface area contributed by atoms with Crippen LogP contribution in [-0.2, 0) is 6.42 Å². The number of benzene rings is 1. The highest BCUT2D eigenvalue weighted by atomic mass is 19.4. The van der Waals surface area contributed by atoms with Crippen LogP contribution in [0.15, 0.2) is 24.3 Å². The van der Waals surface area contributed by atoms with E-state index in [1.165, 1.54) is 12.1 Å². The summed E-state index contributed by atoms with van der Waals surface area (Å²) in [5.41, 5.74) is 3.70. The predicted molar refractivity (Wildman–Crippen MR) is 60.7 cm³/mol. The van der Waals surface area contributed by atoms with Crippen molar-refractivity contribution >= 4 is 0 Å². The molecule has 18 heavy (non-hydrogen) atoms. The maximum absolute atomic E-state index is 12.0. The van der Waals surface area contributed by atoms with Crippen molar-refractivity contribution < 1.29 is 17.9 Å². The van der Waals surface area contributed by atoms with E-state index in [0.717, 1.165) is 18.4 Å². The first kappa shape index (κ1) is 13.2. The van der Waals surface area contributed by atoms with Gasteiger partial charge in [0.25, 0.3) is 0 Å². The Kier molecular flexibility index (Phi) is 3.77. The van der Waals surface area contributed by atoms with Crippen LogP contribution in [0, 0.1) is 5.92 Å². The van der Waals surface area contributed by atoms with Gasteiger partial charge in [-0.3, -0.25) is 11.3 Å². The van der Waals surface area contributed by atoms with Gasteiger partial charge < -0.3 is 4.74 Å². The average Bonchev–Trinajstić information content (AvgIpc) is 3.10. The van der Waals surface area contributed by atoms with E-state index in [1.54, 1.807) is 12.1 Å². The molecule has 6 heteroatoms. The Morgan fingerprint density at radius 3 is 2.33 bits per heavy atom. The lowest BCUT2D eigenvalue weighted by Gasteiger charge is -2.15. The molecule has 100 valence electrons. The average molecular weight is 260 g/mol. The van der Waals surface area contributed by atoms with Gasteiger partial charge in [-0.2, -0.15) is 0 Å². The summed E-state index contributed by atoms with van der Waals surface area (Å²) in [6.45, 7) is 0. The second kappa shape index (κ2) is 5.16. The predicted octanol–water partition coefficient (Wildman–Crippen LogP) is 2.37. The van der Waals surface area contributed by atoms with Gasteiger partial charge in [-0.05, 0) is 42.9 Å². The van der Waals surface area contributed by atoms with Crippen molar-refractivity contribution in [2.75, 3.05) is 0 Å². The monoisotopic (exact) mass is 260 g/mol. The largest absolute Gasteiger partial charge is 0.573 e. The summed E-state index contributed by atoms with van der Waals surface area (Å²) in [4.78, 5) is 0. The molecule has 0 amide bonds. The molecule has 0 aromatic heterocycles. The van der Waals surface area contributed by atoms with Gasteiger partial charge in [0.1, 0.15) is 5.75 Å². The SMILES string of the molecule is NNC(Cc1ccc(OC(F)(F)F)cc1)C1CC1. The molecule has 3 nitrogen and oxygen atoms in total. The van der Waals surface area contributed by atoms with Gasteiger partial charge in [-0.15, -0.1) is 13.2 Å². The number of hydrogen-bond acceptors (Lipinski definition) is 3. The maximum Gasteiger partial charge on any atom is 0.573 e. The zero-order valence-electron chi connectivity index (χ0n) is 9.70. The topological polar surface area (TPSA) is 47.3 Å². The Hall–Kier alpha value is -1.27. The van der Waals surface area contributed by atoms with Crippen LogP contribution in [0.25, 0.3) is 0 Å². The molecule has 1 unspecified atom stereocenters. The molecule has 3 N–H and O–H groups in total. The van der Waals surface area contributed by atoms with Gasteiger partial charge in [-0.1, -0.05) is 12.1 Å². The maximum atomic E-state index is 12.0. The molecule has 1 aromatic carbocycles. The molecule has 0 saturated heterocycles. The number of alkyl halides is 3. The highest BCUT2D eigenvalue weighted by Crippen LogP contribution is 2.34. The third-order valence-corrected chi connectivity index (χ3v) is 3.02. The molecule has 0 radical (unpaired) electrons. The van der Waals surface area contributed by atoms with E-state index in [1.807, 2.05) is 0 Å². The van der Waals surface area contributed by atoms with Crippen LogP contribution in [-0.4, -0.2) is 12.4 Å². The van der Waals surface area contributed by atoms with E-state index in [9.17, 15) is 13.2 Å². The molecule has 1 atom stereocenters. The van der Waals surface area contributed by atoms with Gasteiger partial charge in [0.05, 0.1) is 0 Å². The summed E-state index contributed by atoms with van der Waals surface area (Å²) in [7, 11) is 0. The van der Waals surface area contributed by atoms with Crippen LogP contribution >= 0.6 is 0 Å². The van der Waals surface area contributed by atoms with Crippen molar-refractivity contribution in [2.24, 2.45) is 11.8 Å². The summed E-state index contributed by atoms with van der Waals surface area (Å²) in [6.07, 6.45) is -1.61. The number of nitrogens with two attached hydrogens (primary N) is 1. The second-order valence-electron chi connectivity index (χ2n) is 4.51. The summed E-state index contributed by atoms with van der Waals surface area (Å²) < 4.78 is 39.7. The van der Waals surface area contributed by atoms with Crippen molar-refractivity contribution in [2.45, 2.75) is 31.7 Å². The lowest BCUT2D eigenvalue weighted by atomic mass is 10.0. The fourth-order valence-electron chi connectivity index (χ4n) is 1.94. The van der Waals surface area contributed by atoms with Gasteiger partial charge in [0.2, 0.25) is 0 Å². The van der Waals surface area contributed by atoms with Crippen molar-refractivity contribution in [1.29, 1.82) is 0 Å². The molecule has 0 bridgehead atoms. The summed E-state index contributed by atoms with van der Waals surface area (Å²) in [5, 5.41) is 0. The van der Waals surface area contributed by atoms with Crippen LogP contribution in [0.2, 0.25) is 0 Å². The van der Waals surface area contributed by atoms with Crippen LogP contribution < -0.4 is 16.0 Å². The molecular weight excluding hydrogens is 245 g/mol. The highest BCUT2D eigenvalue weighted by Gasteiger charge is 2.32. The number of hydrazine groups is 1. The molecule has 1 aromatic rings. The Bertz CT molecular complexity index is 387. The first-order valence-electron chi connectivity index (χ1n) is 5.79. The molecule has 0 aliphatic heterocycles. The number of rotatable bonds is 5. The van der Waals surface area contributed by atoms with Crippen LogP contribution in [0.3, 0.4) is 0 Å². The fourth-order valence-corrected chi connectivity index (χ4v) is 1.94. The van der Waals surface area contributed by atoms with E-state index < -0.39 is 6.36 Å². The van der Waals surface area contributed by atoms with E-state index in [2.05, 4.69) is 10.2 Å². The van der Waals surface area contributed by atoms with Crippen LogP contribution in [0.4, 0.5) is 13.2 Å². The number of hydrogen-bond donors (Lipinski definition) is 2. The molecule has 1 aliphatic rings. The number of halogens is 3. The molecule has 0 spiro atoms. The Labute approximate surface area is 103 Å². The van der Waals surface area contributed by atoms with E-state index >= 15 is 0 Å². The number of ether oxygens (including phenoxy) is 1. The smallest absolute Gasteiger partial charge is 0.406 e. The third kappa shape index (κ3) is 3.89. The first-order valence-corrected chi connectivity index (χ1v) is 5.79. The molecular formula is C12H15F3N2O.